The SMILES string of the molecule is Cc1cc([NH+](c2ccccc2)c2ccccc2)cc(C)c1OCOC1C2CC(C)CC3(C2)CC13. The summed E-state index contributed by atoms with van der Waals surface area (Å²) in [4.78, 5) is 1.25. The number of quaternary nitrogens is 1. The Morgan fingerprint density at radius 3 is 2.06 bits per heavy atom. The number of benzene rings is 3. The number of fused-ring (bicyclic) bond motifs is 1. The summed E-state index contributed by atoms with van der Waals surface area (Å²) < 4.78 is 12.7. The van der Waals surface area contributed by atoms with Crippen LogP contribution < -0.4 is 9.64 Å². The van der Waals surface area contributed by atoms with E-state index >= 15 is 0 Å². The van der Waals surface area contributed by atoms with Gasteiger partial charge in [-0.15, -0.1) is 0 Å². The lowest BCUT2D eigenvalue weighted by atomic mass is 9.77. The van der Waals surface area contributed by atoms with Crippen molar-refractivity contribution in [3.8, 4) is 5.75 Å². The van der Waals surface area contributed by atoms with Crippen LogP contribution in [0.1, 0.15) is 43.7 Å². The third-order valence-corrected chi connectivity index (χ3v) is 8.58. The molecule has 3 aromatic carbocycles. The number of ether oxygens (including phenoxy) is 2. The van der Waals surface area contributed by atoms with Crippen molar-refractivity contribution >= 4 is 17.1 Å². The lowest BCUT2D eigenvalue weighted by Gasteiger charge is -2.30. The van der Waals surface area contributed by atoms with Crippen LogP contribution in [0.2, 0.25) is 0 Å². The van der Waals surface area contributed by atoms with Crippen LogP contribution in [0.5, 0.6) is 5.75 Å². The molecule has 3 saturated carbocycles. The molecular weight excluding hydrogens is 418 g/mol. The first-order chi connectivity index (χ1) is 16.5. The summed E-state index contributed by atoms with van der Waals surface area (Å²) in [5.41, 5.74) is 6.61. The first kappa shape index (κ1) is 21.9. The molecular formula is C31H36NO2+. The van der Waals surface area contributed by atoms with Crippen molar-refractivity contribution in [3.63, 3.8) is 0 Å². The van der Waals surface area contributed by atoms with Gasteiger partial charge in [-0.25, -0.2) is 4.90 Å². The van der Waals surface area contributed by atoms with Crippen molar-refractivity contribution in [1.29, 1.82) is 0 Å². The number of nitrogens with one attached hydrogen (secondary N) is 1. The summed E-state index contributed by atoms with van der Waals surface area (Å²) in [6.07, 6.45) is 5.91. The highest BCUT2D eigenvalue weighted by molar-refractivity contribution is 5.53. The number of aryl methyl sites for hydroxylation is 2. The largest absolute Gasteiger partial charge is 0.467 e. The van der Waals surface area contributed by atoms with Crippen molar-refractivity contribution in [1.82, 2.24) is 0 Å². The highest BCUT2D eigenvalue weighted by Crippen LogP contribution is 2.72. The van der Waals surface area contributed by atoms with Crippen molar-refractivity contribution in [2.75, 3.05) is 6.79 Å². The Labute approximate surface area is 203 Å². The van der Waals surface area contributed by atoms with Gasteiger partial charge in [-0.2, -0.15) is 0 Å². The van der Waals surface area contributed by atoms with E-state index in [1.807, 2.05) is 0 Å². The van der Waals surface area contributed by atoms with E-state index in [0.29, 0.717) is 18.3 Å². The van der Waals surface area contributed by atoms with E-state index in [0.717, 1.165) is 34.6 Å². The molecule has 34 heavy (non-hydrogen) atoms. The van der Waals surface area contributed by atoms with Gasteiger partial charge >= 0.3 is 0 Å². The molecule has 3 nitrogen and oxygen atoms in total. The van der Waals surface area contributed by atoms with Crippen LogP contribution in [0.15, 0.2) is 72.8 Å². The maximum absolute atomic E-state index is 6.42. The van der Waals surface area contributed by atoms with Crippen LogP contribution in [0, 0.1) is 37.0 Å². The average Bonchev–Trinajstić information content (AvgIpc) is 3.44. The molecule has 0 aliphatic heterocycles. The molecule has 5 atom stereocenters. The first-order valence-corrected chi connectivity index (χ1v) is 12.9. The van der Waals surface area contributed by atoms with Gasteiger partial charge in [0, 0.05) is 12.1 Å². The van der Waals surface area contributed by atoms with Crippen LogP contribution in [0.25, 0.3) is 0 Å². The minimum Gasteiger partial charge on any atom is -0.467 e. The van der Waals surface area contributed by atoms with Crippen LogP contribution in [-0.2, 0) is 4.74 Å². The van der Waals surface area contributed by atoms with E-state index in [2.05, 4.69) is 93.6 Å². The van der Waals surface area contributed by atoms with Crippen molar-refractivity contribution in [2.24, 2.45) is 23.2 Å². The predicted octanol–water partition coefficient (Wildman–Crippen LogP) is 6.66. The Morgan fingerprint density at radius 2 is 1.44 bits per heavy atom. The lowest BCUT2D eigenvalue weighted by Crippen LogP contribution is -2.96. The second-order valence-corrected chi connectivity index (χ2v) is 11.1. The predicted molar refractivity (Wildman–Crippen MR) is 136 cm³/mol. The summed E-state index contributed by atoms with van der Waals surface area (Å²) in [5, 5.41) is 0. The Bertz CT molecular complexity index is 1100. The molecule has 1 N–H and O–H groups in total. The summed E-state index contributed by atoms with van der Waals surface area (Å²) in [5.74, 6) is 3.34. The highest BCUT2D eigenvalue weighted by Gasteiger charge is 2.67. The van der Waals surface area contributed by atoms with Gasteiger partial charge in [0.2, 0.25) is 0 Å². The summed E-state index contributed by atoms with van der Waals surface area (Å²) >= 11 is 0. The molecule has 0 saturated heterocycles. The van der Waals surface area contributed by atoms with E-state index in [1.165, 1.54) is 47.6 Å². The van der Waals surface area contributed by atoms with Gasteiger partial charge in [0.05, 0.1) is 6.10 Å². The number of hydrogen-bond acceptors (Lipinski definition) is 2. The van der Waals surface area contributed by atoms with Crippen LogP contribution in [0.3, 0.4) is 0 Å². The molecule has 2 bridgehead atoms. The molecule has 6 rings (SSSR count). The van der Waals surface area contributed by atoms with Crippen molar-refractivity contribution < 1.29 is 14.4 Å². The van der Waals surface area contributed by atoms with Crippen LogP contribution in [-0.4, -0.2) is 12.9 Å². The fourth-order valence-electron chi connectivity index (χ4n) is 7.33. The van der Waals surface area contributed by atoms with Gasteiger partial charge in [-0.1, -0.05) is 43.3 Å². The van der Waals surface area contributed by atoms with Crippen LogP contribution in [0.4, 0.5) is 17.1 Å². The van der Waals surface area contributed by atoms with E-state index < -0.39 is 0 Å². The van der Waals surface area contributed by atoms with Crippen molar-refractivity contribution in [3.05, 3.63) is 83.9 Å². The van der Waals surface area contributed by atoms with E-state index in [4.69, 9.17) is 9.47 Å². The Balaban J connectivity index is 1.20. The first-order valence-electron chi connectivity index (χ1n) is 12.9. The monoisotopic (exact) mass is 454 g/mol. The second-order valence-electron chi connectivity index (χ2n) is 11.1. The third kappa shape index (κ3) is 3.85. The Hall–Kier alpha value is -2.62. The van der Waals surface area contributed by atoms with Gasteiger partial charge in [0.1, 0.15) is 22.8 Å². The normalized spacial score (nSPS) is 29.2. The Kier molecular flexibility index (Phi) is 5.50. The smallest absolute Gasteiger partial charge is 0.189 e. The van der Waals surface area contributed by atoms with Crippen molar-refractivity contribution in [2.45, 2.75) is 52.6 Å². The number of rotatable bonds is 7. The van der Waals surface area contributed by atoms with Gasteiger partial charge in [0.15, 0.2) is 6.79 Å². The average molecular weight is 455 g/mol. The van der Waals surface area contributed by atoms with Gasteiger partial charge in [-0.3, -0.25) is 0 Å². The summed E-state index contributed by atoms with van der Waals surface area (Å²) in [6.45, 7) is 7.09. The molecule has 5 unspecified atom stereocenters. The lowest BCUT2D eigenvalue weighted by molar-refractivity contribution is -0.681. The molecule has 0 aromatic heterocycles. The zero-order valence-electron chi connectivity index (χ0n) is 20.6. The van der Waals surface area contributed by atoms with E-state index in [-0.39, 0.29) is 0 Å². The molecule has 3 aliphatic carbocycles. The van der Waals surface area contributed by atoms with Gasteiger partial charge in [-0.05, 0) is 98.1 Å². The highest BCUT2D eigenvalue weighted by atomic mass is 16.7. The fourth-order valence-corrected chi connectivity index (χ4v) is 7.33. The topological polar surface area (TPSA) is 22.9 Å². The summed E-state index contributed by atoms with van der Waals surface area (Å²) in [7, 11) is 0. The molecule has 3 aromatic rings. The van der Waals surface area contributed by atoms with Crippen LogP contribution >= 0.6 is 0 Å². The molecule has 0 heterocycles. The Morgan fingerprint density at radius 1 is 0.824 bits per heavy atom. The van der Waals surface area contributed by atoms with E-state index in [1.54, 1.807) is 0 Å². The molecule has 3 fully saturated rings. The molecule has 176 valence electrons. The van der Waals surface area contributed by atoms with Gasteiger partial charge in [0.25, 0.3) is 0 Å². The zero-order chi connectivity index (χ0) is 23.3. The number of hydrogen-bond donors (Lipinski definition) is 1. The van der Waals surface area contributed by atoms with Gasteiger partial charge < -0.3 is 9.47 Å². The quantitative estimate of drug-likeness (QED) is 0.403. The molecule has 3 aliphatic rings. The minimum absolute atomic E-state index is 0.358. The maximum Gasteiger partial charge on any atom is 0.189 e. The molecule has 3 heteroatoms. The maximum atomic E-state index is 6.42. The fraction of sp³-hybridized carbons (Fsp3) is 0.419. The van der Waals surface area contributed by atoms with E-state index in [9.17, 15) is 0 Å². The molecule has 1 spiro atoms. The minimum atomic E-state index is 0.358. The molecule has 0 amide bonds. The zero-order valence-corrected chi connectivity index (χ0v) is 20.6. The molecule has 0 radical (unpaired) electrons. The second kappa shape index (κ2) is 8.55. The standard InChI is InChI=1S/C31H35NO2/c1-21-14-24-18-31(17-21)19-28(31)30(24)34-20-33-29-22(2)15-27(16-23(29)3)32(25-10-6-4-7-11-25)26-12-8-5-9-13-26/h4-13,15-16,21,24,28,30H,14,17-20H2,1-3H3/p+1. The number of para-hydroxylation sites is 2. The third-order valence-electron chi connectivity index (χ3n) is 8.58. The summed E-state index contributed by atoms with van der Waals surface area (Å²) in [6, 6.07) is 25.8.